The number of hydrogen-bond donors (Lipinski definition) is 2. The lowest BCUT2D eigenvalue weighted by Crippen LogP contribution is -2.45. The largest absolute Gasteiger partial charge is 0.355 e. The number of benzene rings is 1. The van der Waals surface area contributed by atoms with Gasteiger partial charge in [0.2, 0.25) is 11.8 Å². The van der Waals surface area contributed by atoms with Crippen LogP contribution in [0.3, 0.4) is 0 Å². The highest BCUT2D eigenvalue weighted by Gasteiger charge is 2.16. The van der Waals surface area contributed by atoms with E-state index in [1.54, 1.807) is 6.92 Å². The second kappa shape index (κ2) is 6.43. The fraction of sp³-hybridized carbons (Fsp3) is 0.375. The second-order valence-corrected chi connectivity index (χ2v) is 5.11. The van der Waals surface area contributed by atoms with E-state index in [0.29, 0.717) is 6.54 Å². The molecule has 0 fully saturated rings. The second-order valence-electron chi connectivity index (χ2n) is 5.11. The molecule has 0 unspecified atom stereocenters. The van der Waals surface area contributed by atoms with Crippen molar-refractivity contribution in [2.75, 3.05) is 6.54 Å². The zero-order valence-electron chi connectivity index (χ0n) is 12.6. The monoisotopic (exact) mass is 287 g/mol. The fourth-order valence-electron chi connectivity index (χ4n) is 2.38. The van der Waals surface area contributed by atoms with Crippen molar-refractivity contribution in [2.45, 2.75) is 33.4 Å². The Hall–Kier alpha value is -2.30. The molecule has 112 valence electrons. The molecular weight excluding hydrogens is 266 g/mol. The third-order valence-electron chi connectivity index (χ3n) is 3.44. The molecule has 1 aromatic carbocycles. The predicted molar refractivity (Wildman–Crippen MR) is 83.0 cm³/mol. The summed E-state index contributed by atoms with van der Waals surface area (Å²) in [5, 5.41) is 6.52. The van der Waals surface area contributed by atoms with E-state index in [0.717, 1.165) is 16.6 Å². The van der Waals surface area contributed by atoms with Crippen LogP contribution in [0, 0.1) is 6.92 Å². The van der Waals surface area contributed by atoms with Gasteiger partial charge in [-0.05, 0) is 38.3 Å². The molecule has 2 aromatic rings. The van der Waals surface area contributed by atoms with Crippen molar-refractivity contribution in [1.29, 1.82) is 0 Å². The maximum Gasteiger partial charge on any atom is 0.242 e. The number of aromatic nitrogens is 1. The molecule has 5 heteroatoms. The molecule has 0 aliphatic carbocycles. The zero-order chi connectivity index (χ0) is 15.4. The van der Waals surface area contributed by atoms with Gasteiger partial charge in [-0.15, -0.1) is 0 Å². The smallest absolute Gasteiger partial charge is 0.242 e. The van der Waals surface area contributed by atoms with Gasteiger partial charge in [-0.2, -0.15) is 0 Å². The highest BCUT2D eigenvalue weighted by atomic mass is 16.2. The molecule has 2 amide bonds. The first-order valence-corrected chi connectivity index (χ1v) is 7.15. The molecule has 0 aliphatic rings. The van der Waals surface area contributed by atoms with Crippen molar-refractivity contribution in [3.63, 3.8) is 0 Å². The topological polar surface area (TPSA) is 63.1 Å². The number of nitrogens with zero attached hydrogens (tertiary/aromatic N) is 1. The average molecular weight is 287 g/mol. The van der Waals surface area contributed by atoms with Crippen molar-refractivity contribution >= 4 is 22.7 Å². The van der Waals surface area contributed by atoms with Crippen molar-refractivity contribution in [3.8, 4) is 0 Å². The van der Waals surface area contributed by atoms with Gasteiger partial charge in [-0.25, -0.2) is 0 Å². The van der Waals surface area contributed by atoms with Crippen LogP contribution >= 0.6 is 0 Å². The zero-order valence-corrected chi connectivity index (χ0v) is 12.6. The Morgan fingerprint density at radius 1 is 1.29 bits per heavy atom. The summed E-state index contributed by atoms with van der Waals surface area (Å²) in [5.74, 6) is -0.335. The minimum Gasteiger partial charge on any atom is -0.355 e. The molecule has 5 nitrogen and oxygen atoms in total. The number of hydrogen-bond acceptors (Lipinski definition) is 2. The van der Waals surface area contributed by atoms with Crippen molar-refractivity contribution in [1.82, 2.24) is 15.2 Å². The molecule has 0 saturated carbocycles. The summed E-state index contributed by atoms with van der Waals surface area (Å²) in [6.07, 6.45) is 0. The van der Waals surface area contributed by atoms with Crippen LogP contribution in [-0.4, -0.2) is 29.0 Å². The Labute approximate surface area is 124 Å². The van der Waals surface area contributed by atoms with Gasteiger partial charge in [0.25, 0.3) is 0 Å². The lowest BCUT2D eigenvalue weighted by molar-refractivity contribution is -0.128. The highest BCUT2D eigenvalue weighted by Crippen LogP contribution is 2.18. The first-order chi connectivity index (χ1) is 10.0. The van der Waals surface area contributed by atoms with E-state index in [-0.39, 0.29) is 18.4 Å². The molecule has 0 radical (unpaired) electrons. The summed E-state index contributed by atoms with van der Waals surface area (Å²) in [4.78, 5) is 23.7. The van der Waals surface area contributed by atoms with E-state index >= 15 is 0 Å². The van der Waals surface area contributed by atoms with Gasteiger partial charge in [0.1, 0.15) is 12.6 Å². The minimum absolute atomic E-state index is 0.167. The number of carbonyl (C=O) groups is 2. The van der Waals surface area contributed by atoms with Crippen LogP contribution in [0.2, 0.25) is 0 Å². The molecule has 0 bridgehead atoms. The number of nitrogens with one attached hydrogen (secondary N) is 2. The van der Waals surface area contributed by atoms with Crippen molar-refractivity contribution in [3.05, 3.63) is 36.0 Å². The van der Waals surface area contributed by atoms with Gasteiger partial charge < -0.3 is 15.2 Å². The minimum atomic E-state index is -0.528. The molecule has 2 N–H and O–H groups in total. The van der Waals surface area contributed by atoms with Crippen LogP contribution in [0.5, 0.6) is 0 Å². The highest BCUT2D eigenvalue weighted by molar-refractivity contribution is 5.88. The van der Waals surface area contributed by atoms with Crippen LogP contribution in [0.4, 0.5) is 0 Å². The first kappa shape index (κ1) is 15.1. The van der Waals surface area contributed by atoms with E-state index in [4.69, 9.17) is 0 Å². The summed E-state index contributed by atoms with van der Waals surface area (Å²) in [6.45, 7) is 6.27. The normalized spacial score (nSPS) is 12.1. The summed E-state index contributed by atoms with van der Waals surface area (Å²) >= 11 is 0. The standard InChI is InChI=1S/C16H21N3O2/c1-4-17-16(21)12(3)18-15(20)10-19-11(2)9-13-7-5-6-8-14(13)19/h5-9,12H,4,10H2,1-3H3,(H,17,21)(H,18,20)/t12-/m1/s1. The van der Waals surface area contributed by atoms with Gasteiger partial charge in [-0.1, -0.05) is 18.2 Å². The summed E-state index contributed by atoms with van der Waals surface area (Å²) in [7, 11) is 0. The predicted octanol–water partition coefficient (Wildman–Crippen LogP) is 1.59. The number of para-hydroxylation sites is 1. The van der Waals surface area contributed by atoms with E-state index in [1.807, 2.05) is 42.7 Å². The fourth-order valence-corrected chi connectivity index (χ4v) is 2.38. The third-order valence-corrected chi connectivity index (χ3v) is 3.44. The molecule has 1 aromatic heterocycles. The summed E-state index contributed by atoms with van der Waals surface area (Å²) in [6, 6.07) is 9.46. The molecule has 1 atom stereocenters. The molecule has 1 heterocycles. The molecule has 2 rings (SSSR count). The quantitative estimate of drug-likeness (QED) is 0.877. The van der Waals surface area contributed by atoms with Crippen LogP contribution in [-0.2, 0) is 16.1 Å². The third kappa shape index (κ3) is 3.42. The molecule has 0 spiro atoms. The number of rotatable bonds is 5. The molecule has 0 saturated heterocycles. The maximum absolute atomic E-state index is 12.1. The Morgan fingerprint density at radius 3 is 2.71 bits per heavy atom. The van der Waals surface area contributed by atoms with Crippen LogP contribution in [0.25, 0.3) is 10.9 Å². The molecular formula is C16H21N3O2. The van der Waals surface area contributed by atoms with Crippen molar-refractivity contribution in [2.24, 2.45) is 0 Å². The van der Waals surface area contributed by atoms with Gasteiger partial charge in [0.15, 0.2) is 0 Å². The summed E-state index contributed by atoms with van der Waals surface area (Å²) in [5.41, 5.74) is 2.05. The van der Waals surface area contributed by atoms with E-state index < -0.39 is 6.04 Å². The summed E-state index contributed by atoms with van der Waals surface area (Å²) < 4.78 is 1.95. The van der Waals surface area contributed by atoms with Gasteiger partial charge in [0.05, 0.1) is 0 Å². The van der Waals surface area contributed by atoms with E-state index in [9.17, 15) is 9.59 Å². The SMILES string of the molecule is CCNC(=O)[C@@H](C)NC(=O)Cn1c(C)cc2ccccc21. The Kier molecular flexibility index (Phi) is 4.62. The van der Waals surface area contributed by atoms with Crippen LogP contribution in [0.15, 0.2) is 30.3 Å². The number of carbonyl (C=O) groups excluding carboxylic acids is 2. The van der Waals surface area contributed by atoms with Crippen LogP contribution in [0.1, 0.15) is 19.5 Å². The Bertz CT molecular complexity index is 661. The lowest BCUT2D eigenvalue weighted by atomic mass is 10.2. The van der Waals surface area contributed by atoms with Gasteiger partial charge >= 0.3 is 0 Å². The number of likely N-dealkylation sites (N-methyl/N-ethyl adjacent to an activating group) is 1. The number of fused-ring (bicyclic) bond motifs is 1. The average Bonchev–Trinajstić information content (AvgIpc) is 2.75. The van der Waals surface area contributed by atoms with E-state index in [1.165, 1.54) is 0 Å². The lowest BCUT2D eigenvalue weighted by Gasteiger charge is -2.14. The number of amides is 2. The van der Waals surface area contributed by atoms with Gasteiger partial charge in [0, 0.05) is 17.8 Å². The maximum atomic E-state index is 12.1. The van der Waals surface area contributed by atoms with Crippen molar-refractivity contribution < 1.29 is 9.59 Å². The molecule has 21 heavy (non-hydrogen) atoms. The van der Waals surface area contributed by atoms with Crippen LogP contribution < -0.4 is 10.6 Å². The molecule has 0 aliphatic heterocycles. The first-order valence-electron chi connectivity index (χ1n) is 7.15. The Balaban J connectivity index is 2.08. The number of aryl methyl sites for hydroxylation is 1. The Morgan fingerprint density at radius 2 is 2.00 bits per heavy atom. The van der Waals surface area contributed by atoms with E-state index in [2.05, 4.69) is 16.7 Å². The van der Waals surface area contributed by atoms with Gasteiger partial charge in [-0.3, -0.25) is 9.59 Å².